The highest BCUT2D eigenvalue weighted by Crippen LogP contribution is 2.39. The van der Waals surface area contributed by atoms with Gasteiger partial charge >= 0.3 is 11.9 Å². The third kappa shape index (κ3) is 8.70. The molecule has 36 heavy (non-hydrogen) atoms. The Morgan fingerprint density at radius 1 is 0.611 bits per heavy atom. The summed E-state index contributed by atoms with van der Waals surface area (Å²) in [4.78, 5) is 27.1. The van der Waals surface area contributed by atoms with Crippen molar-refractivity contribution in [2.45, 2.75) is 167 Å². The fourth-order valence-corrected chi connectivity index (χ4v) is 6.35. The Morgan fingerprint density at radius 2 is 0.917 bits per heavy atom. The molecule has 2 fully saturated rings. The molecule has 0 aromatic rings. The van der Waals surface area contributed by atoms with E-state index in [1.165, 1.54) is 0 Å². The number of carbonyl (C=O) groups is 2. The Balaban J connectivity index is 1.54. The van der Waals surface area contributed by atoms with Crippen molar-refractivity contribution in [3.63, 3.8) is 0 Å². The summed E-state index contributed by atoms with van der Waals surface area (Å²) >= 11 is 0. The van der Waals surface area contributed by atoms with Gasteiger partial charge in [0.2, 0.25) is 0 Å². The van der Waals surface area contributed by atoms with Gasteiger partial charge in [-0.15, -0.1) is 10.3 Å². The maximum atomic E-state index is 12.5. The smallest absolute Gasteiger partial charge is 0.306 e. The van der Waals surface area contributed by atoms with Gasteiger partial charge in [0.25, 0.3) is 0 Å². The van der Waals surface area contributed by atoms with Gasteiger partial charge < -0.3 is 9.47 Å². The standard InChI is InChI=1S/C29H53N2O5/c1-26(2)18-22(19-27(3,4)30(26)9)35-24(32)16-14-12-10-11-13-15-17-25(33)36-23-20-28(5,6)31(34)29(7,8)21-23/h22-23H,10-21H2,1-9H3. The number of carbonyl (C=O) groups excluding carboxylic acids is 2. The molecule has 0 N–H and O–H groups in total. The average molecular weight is 510 g/mol. The average Bonchev–Trinajstić information content (AvgIpc) is 2.71. The largest absolute Gasteiger partial charge is 0.462 e. The van der Waals surface area contributed by atoms with Crippen LogP contribution in [0, 0.1) is 0 Å². The maximum Gasteiger partial charge on any atom is 0.306 e. The third-order valence-electron chi connectivity index (χ3n) is 8.43. The minimum atomic E-state index is -0.528. The van der Waals surface area contributed by atoms with E-state index >= 15 is 0 Å². The van der Waals surface area contributed by atoms with E-state index in [2.05, 4.69) is 39.6 Å². The second-order valence-corrected chi connectivity index (χ2v) is 13.8. The molecule has 2 aliphatic rings. The van der Waals surface area contributed by atoms with Gasteiger partial charge in [0.05, 0.1) is 0 Å². The Labute approximate surface area is 220 Å². The first-order chi connectivity index (χ1) is 16.5. The summed E-state index contributed by atoms with van der Waals surface area (Å²) in [6.45, 7) is 16.5. The Bertz CT molecular complexity index is 648. The molecule has 0 aromatic heterocycles. The van der Waals surface area contributed by atoms with Crippen LogP contribution in [0.15, 0.2) is 0 Å². The molecule has 2 aliphatic heterocycles. The van der Waals surface area contributed by atoms with Gasteiger partial charge in [0.1, 0.15) is 12.2 Å². The molecular weight excluding hydrogens is 456 g/mol. The topological polar surface area (TPSA) is 79.0 Å². The highest BCUT2D eigenvalue weighted by molar-refractivity contribution is 5.69. The first kappa shape index (κ1) is 31.0. The van der Waals surface area contributed by atoms with E-state index in [0.29, 0.717) is 25.7 Å². The van der Waals surface area contributed by atoms with Crippen molar-refractivity contribution < 1.29 is 24.3 Å². The van der Waals surface area contributed by atoms with E-state index in [-0.39, 0.29) is 35.2 Å². The molecule has 0 atom stereocenters. The van der Waals surface area contributed by atoms with Crippen LogP contribution >= 0.6 is 0 Å². The highest BCUT2D eigenvalue weighted by atomic mass is 16.6. The van der Waals surface area contributed by atoms with Crippen molar-refractivity contribution in [1.29, 1.82) is 0 Å². The summed E-state index contributed by atoms with van der Waals surface area (Å²) in [5.74, 6) is -0.234. The van der Waals surface area contributed by atoms with Crippen molar-refractivity contribution in [3.8, 4) is 0 Å². The number of nitrogens with zero attached hydrogens (tertiary/aromatic N) is 2. The number of rotatable bonds is 11. The quantitative estimate of drug-likeness (QED) is 0.243. The molecule has 0 unspecified atom stereocenters. The number of hydrogen-bond donors (Lipinski definition) is 0. The molecule has 0 saturated carbocycles. The third-order valence-corrected chi connectivity index (χ3v) is 8.43. The normalized spacial score (nSPS) is 24.4. The summed E-state index contributed by atoms with van der Waals surface area (Å²) in [7, 11) is 2.15. The molecule has 7 nitrogen and oxygen atoms in total. The maximum absolute atomic E-state index is 12.5. The van der Waals surface area contributed by atoms with E-state index < -0.39 is 11.1 Å². The molecule has 1 radical (unpaired) electrons. The molecule has 0 amide bonds. The van der Waals surface area contributed by atoms with E-state index in [1.54, 1.807) is 0 Å². The summed E-state index contributed by atoms with van der Waals surface area (Å²) in [5, 5.41) is 13.6. The van der Waals surface area contributed by atoms with E-state index in [9.17, 15) is 14.8 Å². The lowest BCUT2D eigenvalue weighted by Crippen LogP contribution is -2.60. The first-order valence-electron chi connectivity index (χ1n) is 14.1. The Kier molecular flexibility index (Phi) is 10.5. The Hall–Kier alpha value is -1.18. The molecule has 0 bridgehead atoms. The summed E-state index contributed by atoms with van der Waals surface area (Å²) in [6.07, 6.45) is 9.34. The predicted molar refractivity (Wildman–Crippen MR) is 142 cm³/mol. The summed E-state index contributed by atoms with van der Waals surface area (Å²) < 4.78 is 11.6. The van der Waals surface area contributed by atoms with Crippen molar-refractivity contribution in [2.75, 3.05) is 7.05 Å². The second-order valence-electron chi connectivity index (χ2n) is 13.8. The zero-order chi connectivity index (χ0) is 27.4. The van der Waals surface area contributed by atoms with E-state index in [4.69, 9.17) is 9.47 Å². The van der Waals surface area contributed by atoms with Crippen molar-refractivity contribution in [1.82, 2.24) is 9.96 Å². The van der Waals surface area contributed by atoms with Crippen LogP contribution in [0.2, 0.25) is 0 Å². The fourth-order valence-electron chi connectivity index (χ4n) is 6.35. The molecular formula is C29H53N2O5. The molecule has 0 aliphatic carbocycles. The summed E-state index contributed by atoms with van der Waals surface area (Å²) in [6, 6.07) is 0. The molecule has 2 heterocycles. The van der Waals surface area contributed by atoms with Crippen LogP contribution in [-0.2, 0) is 24.3 Å². The van der Waals surface area contributed by atoms with Crippen molar-refractivity contribution in [3.05, 3.63) is 0 Å². The lowest BCUT2D eigenvalue weighted by Gasteiger charge is -2.53. The van der Waals surface area contributed by atoms with Crippen LogP contribution in [0.5, 0.6) is 0 Å². The summed E-state index contributed by atoms with van der Waals surface area (Å²) in [5.41, 5.74) is -1.03. The molecule has 2 saturated heterocycles. The van der Waals surface area contributed by atoms with Crippen LogP contribution in [-0.4, -0.2) is 63.3 Å². The van der Waals surface area contributed by atoms with Crippen LogP contribution < -0.4 is 0 Å². The van der Waals surface area contributed by atoms with Gasteiger partial charge in [0, 0.05) is 60.7 Å². The second kappa shape index (κ2) is 12.1. The minimum absolute atomic E-state index is 0.0107. The van der Waals surface area contributed by atoms with Crippen LogP contribution in [0.3, 0.4) is 0 Å². The number of unbranched alkanes of at least 4 members (excludes halogenated alkanes) is 5. The van der Waals surface area contributed by atoms with Crippen LogP contribution in [0.4, 0.5) is 0 Å². The fraction of sp³-hybridized carbons (Fsp3) is 0.931. The van der Waals surface area contributed by atoms with Gasteiger partial charge in [-0.05, 0) is 75.3 Å². The first-order valence-corrected chi connectivity index (χ1v) is 14.1. The van der Waals surface area contributed by atoms with Crippen molar-refractivity contribution >= 4 is 11.9 Å². The number of hydroxylamine groups is 2. The number of esters is 2. The van der Waals surface area contributed by atoms with Gasteiger partial charge in [-0.1, -0.05) is 25.7 Å². The number of hydrogen-bond acceptors (Lipinski definition) is 6. The molecule has 209 valence electrons. The molecule has 2 rings (SSSR count). The Morgan fingerprint density at radius 3 is 1.28 bits per heavy atom. The van der Waals surface area contributed by atoms with Gasteiger partial charge in [0.15, 0.2) is 0 Å². The van der Waals surface area contributed by atoms with Gasteiger partial charge in [-0.25, -0.2) is 0 Å². The zero-order valence-corrected chi connectivity index (χ0v) is 24.6. The molecule has 0 aromatic carbocycles. The lowest BCUT2D eigenvalue weighted by molar-refractivity contribution is -0.299. The van der Waals surface area contributed by atoms with Crippen LogP contribution in [0.25, 0.3) is 0 Å². The number of piperidine rings is 2. The predicted octanol–water partition coefficient (Wildman–Crippen LogP) is 6.21. The monoisotopic (exact) mass is 509 g/mol. The van der Waals surface area contributed by atoms with Gasteiger partial charge in [-0.2, -0.15) is 0 Å². The minimum Gasteiger partial charge on any atom is -0.462 e. The molecule has 7 heteroatoms. The van der Waals surface area contributed by atoms with Gasteiger partial charge in [-0.3, -0.25) is 14.5 Å². The zero-order valence-electron chi connectivity index (χ0n) is 24.6. The molecule has 0 spiro atoms. The van der Waals surface area contributed by atoms with Crippen LogP contribution in [0.1, 0.15) is 132 Å². The number of ether oxygens (including phenoxy) is 2. The lowest BCUT2D eigenvalue weighted by atomic mass is 9.79. The number of likely N-dealkylation sites (tertiary alicyclic amines) is 1. The van der Waals surface area contributed by atoms with E-state index in [1.807, 2.05) is 27.7 Å². The van der Waals surface area contributed by atoms with Crippen molar-refractivity contribution in [2.24, 2.45) is 0 Å². The van der Waals surface area contributed by atoms with E-state index in [0.717, 1.165) is 56.4 Å². The SMILES string of the molecule is CN1C(C)(C)CC(OC(=O)CCCCCCCCC(=O)OC2CC(C)(C)N([O])C(C)(C)C2)CC1(C)C. The highest BCUT2D eigenvalue weighted by Gasteiger charge is 2.47.